The average molecular weight is 301 g/mol. The van der Waals surface area contributed by atoms with Crippen molar-refractivity contribution in [2.45, 2.75) is 24.8 Å². The highest BCUT2D eigenvalue weighted by molar-refractivity contribution is 7.99. The number of para-hydroxylation sites is 1. The molecule has 0 bridgehead atoms. The second-order valence-electron chi connectivity index (χ2n) is 4.91. The van der Waals surface area contributed by atoms with Gasteiger partial charge < -0.3 is 14.8 Å². The lowest BCUT2D eigenvalue weighted by atomic mass is 10.1. The Morgan fingerprint density at radius 3 is 2.81 bits per heavy atom. The second-order valence-corrected chi connectivity index (χ2v) is 6.21. The van der Waals surface area contributed by atoms with E-state index < -0.39 is 0 Å². The van der Waals surface area contributed by atoms with Crippen LogP contribution in [0.3, 0.4) is 0 Å². The lowest BCUT2D eigenvalue weighted by molar-refractivity contribution is 0.174. The summed E-state index contributed by atoms with van der Waals surface area (Å²) in [5, 5.41) is 3.59. The Labute approximate surface area is 129 Å². The van der Waals surface area contributed by atoms with Gasteiger partial charge in [-0.25, -0.2) is 0 Å². The maximum atomic E-state index is 5.45. The minimum Gasteiger partial charge on any atom is -0.454 e. The molecule has 1 N–H and O–H groups in total. The number of rotatable bonds is 5. The van der Waals surface area contributed by atoms with E-state index in [2.05, 4.69) is 55.6 Å². The van der Waals surface area contributed by atoms with Crippen LogP contribution in [0.25, 0.3) is 0 Å². The predicted molar refractivity (Wildman–Crippen MR) is 87.4 cm³/mol. The number of fused-ring (bicyclic) bond motifs is 1. The molecule has 2 aromatic rings. The zero-order chi connectivity index (χ0) is 14.7. The first kappa shape index (κ1) is 14.1. The molecule has 1 heterocycles. The molecule has 0 amide bonds. The summed E-state index contributed by atoms with van der Waals surface area (Å²) in [6.07, 6.45) is 0. The lowest BCUT2D eigenvalue weighted by Crippen LogP contribution is -2.07. The molecule has 0 saturated carbocycles. The molecule has 0 saturated heterocycles. The maximum absolute atomic E-state index is 5.45. The average Bonchev–Trinajstić information content (AvgIpc) is 2.97. The van der Waals surface area contributed by atoms with Crippen LogP contribution in [0.15, 0.2) is 47.4 Å². The summed E-state index contributed by atoms with van der Waals surface area (Å²) in [6.45, 7) is 4.64. The van der Waals surface area contributed by atoms with E-state index in [-0.39, 0.29) is 6.04 Å². The van der Waals surface area contributed by atoms with Crippen LogP contribution in [0.2, 0.25) is 0 Å². The fourth-order valence-electron chi connectivity index (χ4n) is 2.37. The van der Waals surface area contributed by atoms with Crippen molar-refractivity contribution < 1.29 is 9.47 Å². The molecular weight excluding hydrogens is 282 g/mol. The van der Waals surface area contributed by atoms with Crippen molar-refractivity contribution >= 4 is 17.4 Å². The molecule has 1 unspecified atom stereocenters. The van der Waals surface area contributed by atoms with Crippen LogP contribution >= 0.6 is 11.8 Å². The van der Waals surface area contributed by atoms with Gasteiger partial charge >= 0.3 is 0 Å². The molecule has 0 fully saturated rings. The molecule has 21 heavy (non-hydrogen) atoms. The second kappa shape index (κ2) is 6.31. The fourth-order valence-corrected chi connectivity index (χ4v) is 3.13. The van der Waals surface area contributed by atoms with Crippen molar-refractivity contribution in [3.63, 3.8) is 0 Å². The Hall–Kier alpha value is -1.81. The topological polar surface area (TPSA) is 30.5 Å². The standard InChI is InChI=1S/C17H19NO2S/c1-3-21-17-7-5-4-6-14(17)18-12(2)13-8-9-15-16(10-13)20-11-19-15/h4-10,12,18H,3,11H2,1-2H3. The minimum absolute atomic E-state index is 0.207. The van der Waals surface area contributed by atoms with E-state index in [1.54, 1.807) is 0 Å². The Morgan fingerprint density at radius 1 is 1.14 bits per heavy atom. The lowest BCUT2D eigenvalue weighted by Gasteiger charge is -2.18. The normalized spacial score (nSPS) is 14.0. The van der Waals surface area contributed by atoms with Crippen molar-refractivity contribution in [1.29, 1.82) is 0 Å². The van der Waals surface area contributed by atoms with Gasteiger partial charge in [-0.1, -0.05) is 25.1 Å². The quantitative estimate of drug-likeness (QED) is 0.811. The largest absolute Gasteiger partial charge is 0.454 e. The third kappa shape index (κ3) is 3.10. The molecule has 1 atom stereocenters. The van der Waals surface area contributed by atoms with Gasteiger partial charge in [-0.15, -0.1) is 11.8 Å². The van der Waals surface area contributed by atoms with Crippen molar-refractivity contribution in [3.8, 4) is 11.5 Å². The molecule has 110 valence electrons. The van der Waals surface area contributed by atoms with E-state index in [9.17, 15) is 0 Å². The zero-order valence-corrected chi connectivity index (χ0v) is 13.1. The van der Waals surface area contributed by atoms with Gasteiger partial charge in [-0.3, -0.25) is 0 Å². The van der Waals surface area contributed by atoms with Crippen LogP contribution in [0.1, 0.15) is 25.5 Å². The summed E-state index contributed by atoms with van der Waals surface area (Å²) < 4.78 is 10.8. The number of hydrogen-bond acceptors (Lipinski definition) is 4. The van der Waals surface area contributed by atoms with E-state index >= 15 is 0 Å². The summed E-state index contributed by atoms with van der Waals surface area (Å²) >= 11 is 1.85. The number of hydrogen-bond donors (Lipinski definition) is 1. The van der Waals surface area contributed by atoms with E-state index in [4.69, 9.17) is 9.47 Å². The Morgan fingerprint density at radius 2 is 1.95 bits per heavy atom. The van der Waals surface area contributed by atoms with Gasteiger partial charge in [0.25, 0.3) is 0 Å². The summed E-state index contributed by atoms with van der Waals surface area (Å²) in [5.41, 5.74) is 2.37. The van der Waals surface area contributed by atoms with Gasteiger partial charge in [0.2, 0.25) is 6.79 Å². The third-order valence-electron chi connectivity index (χ3n) is 3.46. The minimum atomic E-state index is 0.207. The van der Waals surface area contributed by atoms with E-state index in [0.29, 0.717) is 6.79 Å². The van der Waals surface area contributed by atoms with Crippen molar-refractivity contribution in [3.05, 3.63) is 48.0 Å². The summed E-state index contributed by atoms with van der Waals surface area (Å²) in [7, 11) is 0. The molecule has 3 nitrogen and oxygen atoms in total. The Kier molecular flexibility index (Phi) is 4.25. The smallest absolute Gasteiger partial charge is 0.231 e. The van der Waals surface area contributed by atoms with Crippen LogP contribution in [-0.4, -0.2) is 12.5 Å². The highest BCUT2D eigenvalue weighted by atomic mass is 32.2. The third-order valence-corrected chi connectivity index (χ3v) is 4.41. The van der Waals surface area contributed by atoms with E-state index in [1.807, 2.05) is 17.8 Å². The van der Waals surface area contributed by atoms with Gasteiger partial charge in [0.15, 0.2) is 11.5 Å². The summed E-state index contributed by atoms with van der Waals surface area (Å²) in [5.74, 6) is 2.72. The van der Waals surface area contributed by atoms with Crippen LogP contribution in [0, 0.1) is 0 Å². The number of anilines is 1. The van der Waals surface area contributed by atoms with Crippen LogP contribution < -0.4 is 14.8 Å². The highest BCUT2D eigenvalue weighted by Gasteiger charge is 2.16. The van der Waals surface area contributed by atoms with Crippen molar-refractivity contribution in [1.82, 2.24) is 0 Å². The number of nitrogens with one attached hydrogen (secondary N) is 1. The first-order valence-corrected chi connectivity index (χ1v) is 8.14. The molecule has 2 aromatic carbocycles. The van der Waals surface area contributed by atoms with Gasteiger partial charge in [0.1, 0.15) is 0 Å². The molecule has 1 aliphatic rings. The van der Waals surface area contributed by atoms with Crippen LogP contribution in [-0.2, 0) is 0 Å². The van der Waals surface area contributed by atoms with E-state index in [0.717, 1.165) is 17.3 Å². The molecule has 0 aromatic heterocycles. The fraction of sp³-hybridized carbons (Fsp3) is 0.294. The molecule has 1 aliphatic heterocycles. The van der Waals surface area contributed by atoms with E-state index in [1.165, 1.54) is 16.1 Å². The molecule has 0 spiro atoms. The monoisotopic (exact) mass is 301 g/mol. The van der Waals surface area contributed by atoms with Crippen molar-refractivity contribution in [2.75, 3.05) is 17.9 Å². The maximum Gasteiger partial charge on any atom is 0.231 e. The van der Waals surface area contributed by atoms with Crippen LogP contribution in [0.4, 0.5) is 5.69 Å². The van der Waals surface area contributed by atoms with Gasteiger partial charge in [-0.05, 0) is 42.5 Å². The summed E-state index contributed by atoms with van der Waals surface area (Å²) in [6, 6.07) is 14.7. The van der Waals surface area contributed by atoms with Gasteiger partial charge in [-0.2, -0.15) is 0 Å². The van der Waals surface area contributed by atoms with Crippen LogP contribution in [0.5, 0.6) is 11.5 Å². The molecular formula is C17H19NO2S. The predicted octanol–water partition coefficient (Wildman–Crippen LogP) is 4.70. The number of thioether (sulfide) groups is 1. The number of benzene rings is 2. The number of ether oxygens (including phenoxy) is 2. The molecule has 0 radical (unpaired) electrons. The van der Waals surface area contributed by atoms with Gasteiger partial charge in [0.05, 0.1) is 0 Å². The molecule has 0 aliphatic carbocycles. The Balaban J connectivity index is 1.78. The highest BCUT2D eigenvalue weighted by Crippen LogP contribution is 2.35. The first-order chi connectivity index (χ1) is 10.3. The summed E-state index contributed by atoms with van der Waals surface area (Å²) in [4.78, 5) is 1.28. The zero-order valence-electron chi connectivity index (χ0n) is 12.3. The van der Waals surface area contributed by atoms with Crippen molar-refractivity contribution in [2.24, 2.45) is 0 Å². The van der Waals surface area contributed by atoms with Gasteiger partial charge in [0, 0.05) is 16.6 Å². The molecule has 3 rings (SSSR count). The Bertz CT molecular complexity index is 630. The molecule has 4 heteroatoms. The first-order valence-electron chi connectivity index (χ1n) is 7.16. The SMILES string of the molecule is CCSc1ccccc1NC(C)c1ccc2c(c1)OCO2.